The Morgan fingerprint density at radius 1 is 1.50 bits per heavy atom. The first kappa shape index (κ1) is 12.5. The fraction of sp³-hybridized carbons (Fsp3) is 0.500. The summed E-state index contributed by atoms with van der Waals surface area (Å²) in [6.07, 6.45) is 2.88. The van der Waals surface area contributed by atoms with Gasteiger partial charge < -0.3 is 10.6 Å². The van der Waals surface area contributed by atoms with Crippen LogP contribution in [0.3, 0.4) is 0 Å². The van der Waals surface area contributed by atoms with E-state index in [0.29, 0.717) is 11.7 Å². The van der Waals surface area contributed by atoms with Crippen LogP contribution < -0.4 is 10.6 Å². The first-order valence-corrected chi connectivity index (χ1v) is 5.67. The molecule has 0 bridgehead atoms. The van der Waals surface area contributed by atoms with Gasteiger partial charge in [0.1, 0.15) is 11.5 Å². The van der Waals surface area contributed by atoms with Crippen LogP contribution in [0.2, 0.25) is 0 Å². The largest absolute Gasteiger partial charge is 0.382 e. The predicted molar refractivity (Wildman–Crippen MR) is 68.0 cm³/mol. The molecule has 0 radical (unpaired) electrons. The Hall–Kier alpha value is -1.58. The van der Waals surface area contributed by atoms with Crippen LogP contribution in [0, 0.1) is 5.41 Å². The number of nitrogens with zero attached hydrogens (tertiary/aromatic N) is 2. The molecule has 4 heteroatoms. The Bertz CT molecular complexity index is 345. The average Bonchev–Trinajstić information content (AvgIpc) is 2.30. The van der Waals surface area contributed by atoms with Crippen molar-refractivity contribution in [3.05, 3.63) is 24.0 Å². The molecule has 0 fully saturated rings. The van der Waals surface area contributed by atoms with E-state index in [1.165, 1.54) is 0 Å². The highest BCUT2D eigenvalue weighted by Crippen LogP contribution is 2.17. The Kier molecular flexibility index (Phi) is 4.28. The summed E-state index contributed by atoms with van der Waals surface area (Å²) in [5.74, 6) is 0.0122. The number of hydrogen-bond donors (Lipinski definition) is 2. The average molecular weight is 220 g/mol. The third-order valence-corrected chi connectivity index (χ3v) is 2.82. The van der Waals surface area contributed by atoms with E-state index in [1.807, 2.05) is 6.07 Å². The van der Waals surface area contributed by atoms with Crippen LogP contribution in [-0.4, -0.2) is 23.4 Å². The fourth-order valence-electron chi connectivity index (χ4n) is 1.68. The topological polar surface area (TPSA) is 66.0 Å². The van der Waals surface area contributed by atoms with Crippen LogP contribution in [0.5, 0.6) is 0 Å². The summed E-state index contributed by atoms with van der Waals surface area (Å²) in [4.78, 5) is 6.46. The molecule has 0 amide bonds. The minimum atomic E-state index is 0.0122. The monoisotopic (exact) mass is 220 g/mol. The Balaban J connectivity index is 2.90. The molecule has 0 saturated heterocycles. The van der Waals surface area contributed by atoms with Crippen LogP contribution in [0.15, 0.2) is 18.3 Å². The summed E-state index contributed by atoms with van der Waals surface area (Å²) >= 11 is 0. The quantitative estimate of drug-likeness (QED) is 0.589. The van der Waals surface area contributed by atoms with Crippen molar-refractivity contribution >= 4 is 11.5 Å². The molecule has 0 saturated carbocycles. The van der Waals surface area contributed by atoms with E-state index < -0.39 is 0 Å². The molecule has 0 aromatic carbocycles. The van der Waals surface area contributed by atoms with E-state index in [-0.39, 0.29) is 5.84 Å². The molecule has 0 aliphatic rings. The van der Waals surface area contributed by atoms with Gasteiger partial charge in [0.25, 0.3) is 0 Å². The van der Waals surface area contributed by atoms with Gasteiger partial charge in [0, 0.05) is 12.6 Å². The maximum atomic E-state index is 7.28. The summed E-state index contributed by atoms with van der Waals surface area (Å²) in [6.45, 7) is 7.45. The second-order valence-corrected chi connectivity index (χ2v) is 3.86. The van der Waals surface area contributed by atoms with E-state index >= 15 is 0 Å². The lowest BCUT2D eigenvalue weighted by atomic mass is 10.2. The molecule has 16 heavy (non-hydrogen) atoms. The van der Waals surface area contributed by atoms with E-state index in [4.69, 9.17) is 11.1 Å². The number of nitrogen functional groups attached to an aromatic ring is 1. The minimum absolute atomic E-state index is 0.0122. The minimum Gasteiger partial charge on any atom is -0.382 e. The molecule has 1 aromatic rings. The van der Waals surface area contributed by atoms with Gasteiger partial charge in [-0.2, -0.15) is 0 Å². The van der Waals surface area contributed by atoms with Crippen LogP contribution in [0.25, 0.3) is 0 Å². The summed E-state index contributed by atoms with van der Waals surface area (Å²) in [5.41, 5.74) is 6.98. The Labute approximate surface area is 97.0 Å². The lowest BCUT2D eigenvalue weighted by Crippen LogP contribution is -2.32. The van der Waals surface area contributed by atoms with Crippen LogP contribution in [0.1, 0.15) is 32.9 Å². The summed E-state index contributed by atoms with van der Waals surface area (Å²) in [6, 6.07) is 4.26. The van der Waals surface area contributed by atoms with E-state index in [2.05, 4.69) is 30.7 Å². The Morgan fingerprint density at radius 2 is 2.19 bits per heavy atom. The molecular formula is C12H20N4. The van der Waals surface area contributed by atoms with Crippen LogP contribution in [-0.2, 0) is 0 Å². The first-order chi connectivity index (χ1) is 7.60. The van der Waals surface area contributed by atoms with Crippen molar-refractivity contribution in [2.45, 2.75) is 33.2 Å². The maximum absolute atomic E-state index is 7.28. The number of nitrogens with one attached hydrogen (secondary N) is 1. The molecule has 3 N–H and O–H groups in total. The molecular weight excluding hydrogens is 200 g/mol. The second-order valence-electron chi connectivity index (χ2n) is 3.86. The van der Waals surface area contributed by atoms with Gasteiger partial charge >= 0.3 is 0 Å². The molecule has 1 atom stereocenters. The molecule has 88 valence electrons. The van der Waals surface area contributed by atoms with Crippen molar-refractivity contribution in [3.8, 4) is 0 Å². The van der Waals surface area contributed by atoms with Gasteiger partial charge in [0.05, 0.1) is 11.9 Å². The maximum Gasteiger partial charge on any atom is 0.141 e. The van der Waals surface area contributed by atoms with Gasteiger partial charge in [-0.05, 0) is 32.4 Å². The van der Waals surface area contributed by atoms with Gasteiger partial charge in [0.2, 0.25) is 0 Å². The third kappa shape index (κ3) is 2.72. The molecule has 4 nitrogen and oxygen atoms in total. The lowest BCUT2D eigenvalue weighted by Gasteiger charge is -2.29. The van der Waals surface area contributed by atoms with Crippen molar-refractivity contribution in [3.63, 3.8) is 0 Å². The lowest BCUT2D eigenvalue weighted by molar-refractivity contribution is 0.629. The van der Waals surface area contributed by atoms with E-state index in [0.717, 1.165) is 18.7 Å². The summed E-state index contributed by atoms with van der Waals surface area (Å²) in [7, 11) is 0. The van der Waals surface area contributed by atoms with Gasteiger partial charge in [-0.1, -0.05) is 6.92 Å². The highest BCUT2D eigenvalue weighted by atomic mass is 15.2. The van der Waals surface area contributed by atoms with Crippen molar-refractivity contribution < 1.29 is 0 Å². The predicted octanol–water partition coefficient (Wildman–Crippen LogP) is 1.99. The normalized spacial score (nSPS) is 12.2. The second kappa shape index (κ2) is 5.49. The molecule has 0 aliphatic heterocycles. The number of pyridine rings is 1. The summed E-state index contributed by atoms with van der Waals surface area (Å²) in [5, 5.41) is 7.28. The number of rotatable bonds is 5. The molecule has 1 rings (SSSR count). The van der Waals surface area contributed by atoms with Crippen LogP contribution in [0.4, 0.5) is 5.69 Å². The zero-order chi connectivity index (χ0) is 12.1. The van der Waals surface area contributed by atoms with Crippen molar-refractivity contribution in [1.82, 2.24) is 4.98 Å². The van der Waals surface area contributed by atoms with E-state index in [9.17, 15) is 0 Å². The third-order valence-electron chi connectivity index (χ3n) is 2.82. The number of amidine groups is 1. The number of hydrogen-bond acceptors (Lipinski definition) is 3. The highest BCUT2D eigenvalue weighted by molar-refractivity contribution is 5.93. The van der Waals surface area contributed by atoms with Crippen LogP contribution >= 0.6 is 0 Å². The van der Waals surface area contributed by atoms with Gasteiger partial charge in [-0.3, -0.25) is 10.4 Å². The molecule has 0 aliphatic carbocycles. The summed E-state index contributed by atoms with van der Waals surface area (Å²) < 4.78 is 0. The van der Waals surface area contributed by atoms with Crippen molar-refractivity contribution in [1.29, 1.82) is 5.41 Å². The number of aromatic nitrogens is 1. The Morgan fingerprint density at radius 3 is 2.56 bits per heavy atom. The molecule has 1 aromatic heterocycles. The zero-order valence-electron chi connectivity index (χ0n) is 10.2. The van der Waals surface area contributed by atoms with Gasteiger partial charge in [0.15, 0.2) is 0 Å². The van der Waals surface area contributed by atoms with Gasteiger partial charge in [-0.25, -0.2) is 0 Å². The molecule has 1 unspecified atom stereocenters. The SMILES string of the molecule is CCC(C)N(CC)c1ccc(C(=N)N)nc1. The van der Waals surface area contributed by atoms with Crippen molar-refractivity contribution in [2.24, 2.45) is 5.73 Å². The van der Waals surface area contributed by atoms with E-state index in [1.54, 1.807) is 12.3 Å². The number of nitrogens with two attached hydrogens (primary N) is 1. The molecule has 0 spiro atoms. The fourth-order valence-corrected chi connectivity index (χ4v) is 1.68. The standard InChI is InChI=1S/C12H20N4/c1-4-9(3)16(5-2)10-6-7-11(12(13)14)15-8-10/h6-9H,4-5H2,1-3H3,(H3,13,14). The van der Waals surface area contributed by atoms with Crippen molar-refractivity contribution in [2.75, 3.05) is 11.4 Å². The smallest absolute Gasteiger partial charge is 0.141 e. The molecule has 1 heterocycles. The first-order valence-electron chi connectivity index (χ1n) is 5.67. The zero-order valence-corrected chi connectivity index (χ0v) is 10.2. The highest BCUT2D eigenvalue weighted by Gasteiger charge is 2.11. The van der Waals surface area contributed by atoms with Gasteiger partial charge in [-0.15, -0.1) is 0 Å². The number of anilines is 1.